The minimum Gasteiger partial charge on any atom is -0.369 e. The maximum Gasteiger partial charge on any atom is 0.158 e. The van der Waals surface area contributed by atoms with Crippen molar-refractivity contribution in [1.82, 2.24) is 14.9 Å². The molecule has 1 aromatic heterocycles. The van der Waals surface area contributed by atoms with E-state index in [4.69, 9.17) is 5.26 Å². The number of hydrogen-bond donors (Lipinski definition) is 1. The van der Waals surface area contributed by atoms with Crippen LogP contribution in [0.4, 0.5) is 5.82 Å². The van der Waals surface area contributed by atoms with E-state index in [-0.39, 0.29) is 0 Å². The van der Waals surface area contributed by atoms with Gasteiger partial charge in [-0.25, -0.2) is 9.97 Å². The first-order valence-electron chi connectivity index (χ1n) is 6.96. The molecule has 1 N–H and O–H groups in total. The normalized spacial score (nSPS) is 10.3. The molecular formula is C16H19N5. The van der Waals surface area contributed by atoms with Crippen LogP contribution < -0.4 is 5.32 Å². The number of nitrogens with one attached hydrogen (secondary N) is 1. The monoisotopic (exact) mass is 281 g/mol. The van der Waals surface area contributed by atoms with Gasteiger partial charge < -0.3 is 10.2 Å². The van der Waals surface area contributed by atoms with E-state index in [0.717, 1.165) is 26.1 Å². The highest BCUT2D eigenvalue weighted by Crippen LogP contribution is 2.04. The molecule has 5 nitrogen and oxygen atoms in total. The first kappa shape index (κ1) is 14.9. The molecule has 0 unspecified atom stereocenters. The number of benzene rings is 1. The summed E-state index contributed by atoms with van der Waals surface area (Å²) in [7, 11) is 2.12. The van der Waals surface area contributed by atoms with Crippen LogP contribution in [0, 0.1) is 11.3 Å². The Morgan fingerprint density at radius 3 is 2.67 bits per heavy atom. The molecule has 1 aromatic carbocycles. The van der Waals surface area contributed by atoms with Crippen LogP contribution in [0.2, 0.25) is 0 Å². The zero-order valence-corrected chi connectivity index (χ0v) is 12.2. The Balaban J connectivity index is 1.66. The van der Waals surface area contributed by atoms with E-state index in [2.05, 4.69) is 51.5 Å². The van der Waals surface area contributed by atoms with Gasteiger partial charge >= 0.3 is 0 Å². The first-order chi connectivity index (χ1) is 10.3. The fourth-order valence-corrected chi connectivity index (χ4v) is 2.02. The van der Waals surface area contributed by atoms with Crippen LogP contribution in [0.3, 0.4) is 0 Å². The Kier molecular flexibility index (Phi) is 5.68. The lowest BCUT2D eigenvalue weighted by Gasteiger charge is -2.16. The van der Waals surface area contributed by atoms with E-state index in [0.29, 0.717) is 11.5 Å². The molecule has 5 heteroatoms. The van der Waals surface area contributed by atoms with E-state index in [1.54, 1.807) is 6.20 Å². The second-order valence-corrected chi connectivity index (χ2v) is 4.90. The third kappa shape index (κ3) is 5.21. The van der Waals surface area contributed by atoms with E-state index in [9.17, 15) is 0 Å². The molecule has 1 heterocycles. The average molecular weight is 281 g/mol. The van der Waals surface area contributed by atoms with Crippen LogP contribution in [-0.2, 0) is 6.54 Å². The maximum absolute atomic E-state index is 8.65. The molecule has 2 rings (SSSR count). The van der Waals surface area contributed by atoms with Crippen molar-refractivity contribution in [3.8, 4) is 6.07 Å². The fraction of sp³-hybridized carbons (Fsp3) is 0.312. The molecule has 0 amide bonds. The van der Waals surface area contributed by atoms with Crippen molar-refractivity contribution in [3.05, 3.63) is 54.0 Å². The van der Waals surface area contributed by atoms with Gasteiger partial charge in [0, 0.05) is 13.1 Å². The van der Waals surface area contributed by atoms with Crippen molar-refractivity contribution in [2.24, 2.45) is 0 Å². The van der Waals surface area contributed by atoms with Crippen LogP contribution in [0.5, 0.6) is 0 Å². The third-order valence-electron chi connectivity index (χ3n) is 3.08. The molecule has 0 atom stereocenters. The largest absolute Gasteiger partial charge is 0.369 e. The van der Waals surface area contributed by atoms with Crippen molar-refractivity contribution in [2.75, 3.05) is 25.5 Å². The van der Waals surface area contributed by atoms with Crippen molar-refractivity contribution < 1.29 is 0 Å². The topological polar surface area (TPSA) is 64.8 Å². The van der Waals surface area contributed by atoms with Gasteiger partial charge in [0.15, 0.2) is 5.69 Å². The molecule has 2 aromatic rings. The van der Waals surface area contributed by atoms with Crippen LogP contribution in [0.1, 0.15) is 17.7 Å². The Morgan fingerprint density at radius 1 is 1.19 bits per heavy atom. The van der Waals surface area contributed by atoms with Crippen LogP contribution in [0.15, 0.2) is 42.7 Å². The highest BCUT2D eigenvalue weighted by atomic mass is 15.1. The van der Waals surface area contributed by atoms with E-state index < -0.39 is 0 Å². The van der Waals surface area contributed by atoms with Gasteiger partial charge in [-0.2, -0.15) is 5.26 Å². The van der Waals surface area contributed by atoms with E-state index in [1.165, 1.54) is 11.8 Å². The molecule has 0 fully saturated rings. The van der Waals surface area contributed by atoms with Crippen molar-refractivity contribution >= 4 is 5.82 Å². The Morgan fingerprint density at radius 2 is 2.00 bits per heavy atom. The van der Waals surface area contributed by atoms with Gasteiger partial charge in [0.2, 0.25) is 0 Å². The molecule has 0 saturated heterocycles. The quantitative estimate of drug-likeness (QED) is 0.789. The summed E-state index contributed by atoms with van der Waals surface area (Å²) in [6.07, 6.45) is 4.08. The second-order valence-electron chi connectivity index (χ2n) is 4.90. The third-order valence-corrected chi connectivity index (χ3v) is 3.08. The minimum atomic E-state index is 0.336. The highest BCUT2D eigenvalue weighted by Gasteiger charge is 2.00. The number of nitrogens with zero attached hydrogens (tertiary/aromatic N) is 4. The van der Waals surface area contributed by atoms with Gasteiger partial charge in [0.1, 0.15) is 11.9 Å². The summed E-state index contributed by atoms with van der Waals surface area (Å²) in [5.41, 5.74) is 1.66. The fourth-order valence-electron chi connectivity index (χ4n) is 2.02. The zero-order valence-electron chi connectivity index (χ0n) is 12.2. The molecule has 0 aliphatic heterocycles. The summed E-state index contributed by atoms with van der Waals surface area (Å²) >= 11 is 0. The van der Waals surface area contributed by atoms with Gasteiger partial charge in [-0.1, -0.05) is 30.3 Å². The summed E-state index contributed by atoms with van der Waals surface area (Å²) in [4.78, 5) is 10.4. The standard InChI is InChI=1S/C16H19N5/c1-21(13-14-6-3-2-4-7-14)9-5-8-18-16-12-19-15(10-17)11-20-16/h2-4,6-7,11-12H,5,8-9,13H2,1H3,(H,18,20). The second kappa shape index (κ2) is 7.98. The molecule has 0 radical (unpaired) electrons. The number of nitriles is 1. The van der Waals surface area contributed by atoms with E-state index in [1.807, 2.05) is 12.1 Å². The summed E-state index contributed by atoms with van der Waals surface area (Å²) in [6.45, 7) is 2.79. The summed E-state index contributed by atoms with van der Waals surface area (Å²) < 4.78 is 0. The predicted octanol–water partition coefficient (Wildman–Crippen LogP) is 2.28. The summed E-state index contributed by atoms with van der Waals surface area (Å²) in [5, 5.41) is 11.9. The number of rotatable bonds is 7. The van der Waals surface area contributed by atoms with Crippen molar-refractivity contribution in [1.29, 1.82) is 5.26 Å². The van der Waals surface area contributed by atoms with Gasteiger partial charge in [-0.3, -0.25) is 0 Å². The number of aromatic nitrogens is 2. The Hall–Kier alpha value is -2.45. The molecule has 0 spiro atoms. The predicted molar refractivity (Wildman–Crippen MR) is 82.6 cm³/mol. The number of hydrogen-bond acceptors (Lipinski definition) is 5. The molecule has 21 heavy (non-hydrogen) atoms. The van der Waals surface area contributed by atoms with Crippen molar-refractivity contribution in [3.63, 3.8) is 0 Å². The van der Waals surface area contributed by atoms with Crippen LogP contribution in [-0.4, -0.2) is 35.0 Å². The molecule has 0 aliphatic rings. The molecule has 0 aliphatic carbocycles. The smallest absolute Gasteiger partial charge is 0.158 e. The minimum absolute atomic E-state index is 0.336. The molecule has 0 saturated carbocycles. The Bertz CT molecular complexity index is 574. The highest BCUT2D eigenvalue weighted by molar-refractivity contribution is 5.32. The van der Waals surface area contributed by atoms with Gasteiger partial charge in [0.25, 0.3) is 0 Å². The first-order valence-corrected chi connectivity index (χ1v) is 6.96. The van der Waals surface area contributed by atoms with Gasteiger partial charge in [0.05, 0.1) is 12.4 Å². The molecule has 108 valence electrons. The molecule has 0 bridgehead atoms. The van der Waals surface area contributed by atoms with E-state index >= 15 is 0 Å². The summed E-state index contributed by atoms with van der Waals surface area (Å²) in [5.74, 6) is 0.708. The average Bonchev–Trinajstić information content (AvgIpc) is 2.53. The van der Waals surface area contributed by atoms with Crippen molar-refractivity contribution in [2.45, 2.75) is 13.0 Å². The van der Waals surface area contributed by atoms with Crippen LogP contribution >= 0.6 is 0 Å². The lowest BCUT2D eigenvalue weighted by Crippen LogP contribution is -2.21. The zero-order chi connectivity index (χ0) is 14.9. The Labute approximate surface area is 125 Å². The molecular weight excluding hydrogens is 262 g/mol. The lowest BCUT2D eigenvalue weighted by atomic mass is 10.2. The van der Waals surface area contributed by atoms with Gasteiger partial charge in [-0.05, 0) is 25.6 Å². The lowest BCUT2D eigenvalue weighted by molar-refractivity contribution is 0.325. The SMILES string of the molecule is CN(CCCNc1cnc(C#N)cn1)Cc1ccccc1. The van der Waals surface area contributed by atoms with Crippen LogP contribution in [0.25, 0.3) is 0 Å². The summed E-state index contributed by atoms with van der Waals surface area (Å²) in [6, 6.07) is 12.4. The maximum atomic E-state index is 8.65. The van der Waals surface area contributed by atoms with Gasteiger partial charge in [-0.15, -0.1) is 0 Å². The number of anilines is 1.